The fourth-order valence-corrected chi connectivity index (χ4v) is 8.03. The summed E-state index contributed by atoms with van der Waals surface area (Å²) < 4.78 is 16.8. The SMILES string of the molecule is CCCCC/C=C\C/C=C\C/C=C\CCCCC(=O)OC[C@H](COC(=O)CCCCCCC/C=C\CCCCCCCCC)OC(=O)CCCCCCCCCCCCCCCCCC. The van der Waals surface area contributed by atoms with Gasteiger partial charge in [-0.05, 0) is 83.5 Å². The van der Waals surface area contributed by atoms with Gasteiger partial charge in [0.2, 0.25) is 0 Å². The summed E-state index contributed by atoms with van der Waals surface area (Å²) in [5.74, 6) is -0.921. The largest absolute Gasteiger partial charge is 0.462 e. The predicted molar refractivity (Wildman–Crippen MR) is 279 cm³/mol. The van der Waals surface area contributed by atoms with E-state index >= 15 is 0 Å². The van der Waals surface area contributed by atoms with E-state index in [1.807, 2.05) is 0 Å². The second-order valence-electron chi connectivity index (χ2n) is 18.8. The van der Waals surface area contributed by atoms with E-state index in [4.69, 9.17) is 14.2 Å². The minimum absolute atomic E-state index is 0.0868. The molecule has 0 saturated heterocycles. The van der Waals surface area contributed by atoms with Crippen LogP contribution in [0.3, 0.4) is 0 Å². The lowest BCUT2D eigenvalue weighted by Crippen LogP contribution is -2.30. The van der Waals surface area contributed by atoms with Crippen LogP contribution in [0.15, 0.2) is 48.6 Å². The van der Waals surface area contributed by atoms with Crippen molar-refractivity contribution in [2.45, 2.75) is 297 Å². The van der Waals surface area contributed by atoms with Gasteiger partial charge in [-0.1, -0.05) is 236 Å². The van der Waals surface area contributed by atoms with E-state index in [9.17, 15) is 14.4 Å². The molecule has 0 aliphatic carbocycles. The summed E-state index contributed by atoms with van der Waals surface area (Å²) in [6, 6.07) is 0. The van der Waals surface area contributed by atoms with E-state index in [-0.39, 0.29) is 31.1 Å². The monoisotopic (exact) mass is 911 g/mol. The molecule has 0 bridgehead atoms. The van der Waals surface area contributed by atoms with Crippen molar-refractivity contribution < 1.29 is 28.6 Å². The molecule has 0 radical (unpaired) electrons. The van der Waals surface area contributed by atoms with Crippen LogP contribution in [0.2, 0.25) is 0 Å². The number of unbranched alkanes of at least 4 members (excludes halogenated alkanes) is 32. The van der Waals surface area contributed by atoms with Gasteiger partial charge in [-0.15, -0.1) is 0 Å². The van der Waals surface area contributed by atoms with Crippen LogP contribution in [0.25, 0.3) is 0 Å². The van der Waals surface area contributed by atoms with Crippen LogP contribution in [-0.4, -0.2) is 37.2 Å². The molecule has 0 rings (SSSR count). The maximum Gasteiger partial charge on any atom is 0.306 e. The average Bonchev–Trinajstić information content (AvgIpc) is 3.30. The van der Waals surface area contributed by atoms with Gasteiger partial charge in [0.25, 0.3) is 0 Å². The first kappa shape index (κ1) is 62.4. The third-order valence-electron chi connectivity index (χ3n) is 12.3. The van der Waals surface area contributed by atoms with Gasteiger partial charge in [-0.3, -0.25) is 14.4 Å². The number of allylic oxidation sites excluding steroid dienone is 8. The molecule has 378 valence electrons. The molecule has 0 aliphatic rings. The average molecular weight is 911 g/mol. The van der Waals surface area contributed by atoms with Gasteiger partial charge in [0, 0.05) is 19.3 Å². The van der Waals surface area contributed by atoms with Crippen molar-refractivity contribution in [3.05, 3.63) is 48.6 Å². The van der Waals surface area contributed by atoms with Gasteiger partial charge < -0.3 is 14.2 Å². The first-order valence-electron chi connectivity index (χ1n) is 28.1. The lowest BCUT2D eigenvalue weighted by Gasteiger charge is -2.18. The van der Waals surface area contributed by atoms with Crippen LogP contribution in [0.5, 0.6) is 0 Å². The highest BCUT2D eigenvalue weighted by Gasteiger charge is 2.19. The quantitative estimate of drug-likeness (QED) is 0.0262. The summed E-state index contributed by atoms with van der Waals surface area (Å²) in [7, 11) is 0. The molecule has 1 atom stereocenters. The number of esters is 3. The summed E-state index contributed by atoms with van der Waals surface area (Å²) >= 11 is 0. The first-order valence-corrected chi connectivity index (χ1v) is 28.1. The van der Waals surface area contributed by atoms with Crippen molar-refractivity contribution in [2.24, 2.45) is 0 Å². The lowest BCUT2D eigenvalue weighted by molar-refractivity contribution is -0.167. The highest BCUT2D eigenvalue weighted by Crippen LogP contribution is 2.16. The Hall–Kier alpha value is -2.63. The first-order chi connectivity index (χ1) is 32.0. The number of carbonyl (C=O) groups excluding carboxylic acids is 3. The van der Waals surface area contributed by atoms with Crippen molar-refractivity contribution in [1.29, 1.82) is 0 Å². The second-order valence-corrected chi connectivity index (χ2v) is 18.8. The molecule has 0 aromatic carbocycles. The van der Waals surface area contributed by atoms with Crippen LogP contribution in [0.4, 0.5) is 0 Å². The van der Waals surface area contributed by atoms with Crippen molar-refractivity contribution in [1.82, 2.24) is 0 Å². The van der Waals surface area contributed by atoms with Crippen LogP contribution < -0.4 is 0 Å². The van der Waals surface area contributed by atoms with Gasteiger partial charge in [0.05, 0.1) is 0 Å². The predicted octanol–water partition coefficient (Wildman–Crippen LogP) is 18.7. The third kappa shape index (κ3) is 52.2. The Morgan fingerprint density at radius 2 is 0.554 bits per heavy atom. The minimum Gasteiger partial charge on any atom is -0.462 e. The molecule has 0 heterocycles. The van der Waals surface area contributed by atoms with E-state index in [0.29, 0.717) is 19.3 Å². The smallest absolute Gasteiger partial charge is 0.306 e. The molecule has 0 spiro atoms. The molecule has 6 nitrogen and oxygen atoms in total. The summed E-state index contributed by atoms with van der Waals surface area (Å²) in [5.41, 5.74) is 0. The molecule has 0 N–H and O–H groups in total. The van der Waals surface area contributed by atoms with Crippen molar-refractivity contribution in [2.75, 3.05) is 13.2 Å². The van der Waals surface area contributed by atoms with Crippen LogP contribution >= 0.6 is 0 Å². The Balaban J connectivity index is 4.42. The number of ether oxygens (including phenoxy) is 3. The van der Waals surface area contributed by atoms with E-state index in [1.54, 1.807) is 0 Å². The standard InChI is InChI=1S/C59H106O6/c1-4-7-10-13-16-19-22-25-28-31-34-37-40-43-46-49-52-58(61)64-55-56(54-63-57(60)51-48-45-42-39-36-33-30-27-24-21-18-15-12-9-6-3)65-59(62)53-50-47-44-41-38-35-32-29-26-23-20-17-14-11-8-5-2/h18,21,27-28,30-31,36,39,56H,4-17,19-20,22-26,29,32-35,37-38,40-55H2,1-3H3/b21-18-,30-27-,31-28-,39-36-/t56-/m1/s1. The Morgan fingerprint density at radius 1 is 0.308 bits per heavy atom. The number of rotatable bonds is 51. The Kier molecular flexibility index (Phi) is 51.8. The zero-order valence-corrected chi connectivity index (χ0v) is 43.3. The molecule has 0 fully saturated rings. The van der Waals surface area contributed by atoms with Crippen LogP contribution in [0.1, 0.15) is 290 Å². The Morgan fingerprint density at radius 3 is 0.938 bits per heavy atom. The van der Waals surface area contributed by atoms with Gasteiger partial charge >= 0.3 is 17.9 Å². The van der Waals surface area contributed by atoms with E-state index < -0.39 is 6.10 Å². The molecule has 0 saturated carbocycles. The highest BCUT2D eigenvalue weighted by atomic mass is 16.6. The van der Waals surface area contributed by atoms with Gasteiger partial charge in [0.1, 0.15) is 13.2 Å². The zero-order chi connectivity index (χ0) is 47.2. The maximum atomic E-state index is 12.8. The van der Waals surface area contributed by atoms with Gasteiger partial charge in [-0.25, -0.2) is 0 Å². The van der Waals surface area contributed by atoms with Crippen LogP contribution in [-0.2, 0) is 28.6 Å². The summed E-state index contributed by atoms with van der Waals surface area (Å²) in [6.07, 6.45) is 65.3. The number of carbonyl (C=O) groups is 3. The summed E-state index contributed by atoms with van der Waals surface area (Å²) in [4.78, 5) is 38.1. The highest BCUT2D eigenvalue weighted by molar-refractivity contribution is 5.71. The molecule has 65 heavy (non-hydrogen) atoms. The maximum absolute atomic E-state index is 12.8. The molecule has 0 aliphatic heterocycles. The number of hydrogen-bond acceptors (Lipinski definition) is 6. The fourth-order valence-electron chi connectivity index (χ4n) is 8.03. The molecular weight excluding hydrogens is 805 g/mol. The molecule has 0 unspecified atom stereocenters. The summed E-state index contributed by atoms with van der Waals surface area (Å²) in [6.45, 7) is 6.60. The molecule has 6 heteroatoms. The third-order valence-corrected chi connectivity index (χ3v) is 12.3. The Bertz CT molecular complexity index is 1140. The van der Waals surface area contributed by atoms with E-state index in [2.05, 4.69) is 69.4 Å². The Labute approximate surface area is 403 Å². The van der Waals surface area contributed by atoms with Crippen molar-refractivity contribution in [3.63, 3.8) is 0 Å². The van der Waals surface area contributed by atoms with Crippen LogP contribution in [0, 0.1) is 0 Å². The normalized spacial score (nSPS) is 12.4. The molecule has 0 amide bonds. The molecule has 0 aromatic rings. The number of hydrogen-bond donors (Lipinski definition) is 0. The summed E-state index contributed by atoms with van der Waals surface area (Å²) in [5, 5.41) is 0. The second kappa shape index (κ2) is 54.0. The van der Waals surface area contributed by atoms with Gasteiger partial charge in [0.15, 0.2) is 6.10 Å². The van der Waals surface area contributed by atoms with Gasteiger partial charge in [-0.2, -0.15) is 0 Å². The topological polar surface area (TPSA) is 78.9 Å². The van der Waals surface area contributed by atoms with Crippen molar-refractivity contribution >= 4 is 17.9 Å². The zero-order valence-electron chi connectivity index (χ0n) is 43.3. The van der Waals surface area contributed by atoms with Crippen molar-refractivity contribution in [3.8, 4) is 0 Å². The lowest BCUT2D eigenvalue weighted by atomic mass is 10.0. The molecular formula is C59H106O6. The minimum atomic E-state index is -0.789. The molecule has 0 aromatic heterocycles. The fraction of sp³-hybridized carbons (Fsp3) is 0.814. The van der Waals surface area contributed by atoms with E-state index in [0.717, 1.165) is 77.0 Å². The van der Waals surface area contributed by atoms with E-state index in [1.165, 1.54) is 173 Å².